The molecule has 55 heavy (non-hydrogen) atoms. The van der Waals surface area contributed by atoms with Crippen molar-refractivity contribution in [2.75, 3.05) is 4.90 Å². The summed E-state index contributed by atoms with van der Waals surface area (Å²) < 4.78 is 5.08. The minimum absolute atomic E-state index is 1.10. The summed E-state index contributed by atoms with van der Waals surface area (Å²) in [7, 11) is 0. The number of thiophene rings is 1. The van der Waals surface area contributed by atoms with Crippen molar-refractivity contribution in [2.45, 2.75) is 0 Å². The van der Waals surface area contributed by atoms with E-state index >= 15 is 0 Å². The second kappa shape index (κ2) is 12.9. The predicted octanol–water partition coefficient (Wildman–Crippen LogP) is 15.1. The lowest BCUT2D eigenvalue weighted by Gasteiger charge is -2.26. The van der Waals surface area contributed by atoms with Gasteiger partial charge in [-0.15, -0.1) is 11.3 Å². The number of fused-ring (bicyclic) bond motifs is 8. The maximum atomic E-state index is 2.43. The Morgan fingerprint density at radius 2 is 0.945 bits per heavy atom. The first-order valence-electron chi connectivity index (χ1n) is 18.8. The van der Waals surface area contributed by atoms with Gasteiger partial charge in [0.25, 0.3) is 0 Å². The van der Waals surface area contributed by atoms with Gasteiger partial charge in [0.05, 0.1) is 11.0 Å². The van der Waals surface area contributed by atoms with Crippen LogP contribution in [0.3, 0.4) is 0 Å². The Bertz CT molecular complexity index is 3170. The third-order valence-corrected chi connectivity index (χ3v) is 12.2. The molecule has 0 atom stereocenters. The highest BCUT2D eigenvalue weighted by Crippen LogP contribution is 2.42. The Balaban J connectivity index is 1.03. The van der Waals surface area contributed by atoms with Gasteiger partial charge in [0, 0.05) is 59.1 Å². The van der Waals surface area contributed by atoms with Crippen LogP contribution in [0.15, 0.2) is 206 Å². The second-order valence-electron chi connectivity index (χ2n) is 14.1. The smallest absolute Gasteiger partial charge is 0.0619 e. The second-order valence-corrected chi connectivity index (χ2v) is 15.2. The summed E-state index contributed by atoms with van der Waals surface area (Å²) in [4.78, 5) is 2.36. The van der Waals surface area contributed by atoms with Crippen LogP contribution < -0.4 is 4.90 Å². The van der Waals surface area contributed by atoms with Crippen LogP contribution in [-0.4, -0.2) is 4.57 Å². The standard InChI is InChI=1S/C52H34N2S/c1-2-11-35(12-3-1)36-21-26-39(27-22-36)53(40-28-23-38(24-29-40)44-17-10-18-48-46-16-7-9-20-50(46)55-52(44)48)41-30-32-42(33-31-41)54-49-19-8-6-15-45(49)47-34-25-37-13-4-5-14-43(37)51(47)54/h1-34H. The summed E-state index contributed by atoms with van der Waals surface area (Å²) in [5, 5.41) is 7.67. The summed E-state index contributed by atoms with van der Waals surface area (Å²) in [5.41, 5.74) is 11.8. The van der Waals surface area contributed by atoms with E-state index in [1.54, 1.807) is 0 Å². The maximum Gasteiger partial charge on any atom is 0.0619 e. The number of rotatable bonds is 6. The first kappa shape index (κ1) is 31.6. The SMILES string of the molecule is c1ccc(-c2ccc(N(c3ccc(-c4cccc5c4sc4ccccc45)cc3)c3ccc(-n4c5ccccc5c5ccc6ccccc6c54)cc3)cc2)cc1. The van der Waals surface area contributed by atoms with Gasteiger partial charge < -0.3 is 9.47 Å². The fourth-order valence-electron chi connectivity index (χ4n) is 8.39. The van der Waals surface area contributed by atoms with Crippen LogP contribution in [0.5, 0.6) is 0 Å². The Morgan fingerprint density at radius 1 is 0.364 bits per heavy atom. The lowest BCUT2D eigenvalue weighted by Crippen LogP contribution is -2.10. The Morgan fingerprint density at radius 3 is 1.71 bits per heavy atom. The van der Waals surface area contributed by atoms with E-state index in [2.05, 4.69) is 216 Å². The molecule has 2 nitrogen and oxygen atoms in total. The van der Waals surface area contributed by atoms with Crippen molar-refractivity contribution < 1.29 is 0 Å². The van der Waals surface area contributed by atoms with Crippen LogP contribution in [-0.2, 0) is 0 Å². The fraction of sp³-hybridized carbons (Fsp3) is 0. The number of benzene rings is 9. The van der Waals surface area contributed by atoms with Crippen LogP contribution in [0, 0.1) is 0 Å². The zero-order valence-electron chi connectivity index (χ0n) is 29.9. The van der Waals surface area contributed by atoms with Gasteiger partial charge in [-0.05, 0) is 88.3 Å². The van der Waals surface area contributed by atoms with E-state index in [1.165, 1.54) is 75.0 Å². The predicted molar refractivity (Wildman–Crippen MR) is 237 cm³/mol. The largest absolute Gasteiger partial charge is 0.311 e. The summed E-state index contributed by atoms with van der Waals surface area (Å²) in [5.74, 6) is 0. The molecule has 2 aromatic heterocycles. The Hall–Kier alpha value is -6.94. The molecule has 0 aliphatic heterocycles. The molecule has 0 aliphatic carbocycles. The van der Waals surface area contributed by atoms with Crippen LogP contribution >= 0.6 is 11.3 Å². The maximum absolute atomic E-state index is 2.43. The third-order valence-electron chi connectivity index (χ3n) is 11.0. The summed E-state index contributed by atoms with van der Waals surface area (Å²) in [6, 6.07) is 75.0. The average Bonchev–Trinajstić information content (AvgIpc) is 3.81. The lowest BCUT2D eigenvalue weighted by molar-refractivity contribution is 1.18. The van der Waals surface area contributed by atoms with Gasteiger partial charge in [0.2, 0.25) is 0 Å². The van der Waals surface area contributed by atoms with Crippen molar-refractivity contribution in [3.8, 4) is 27.9 Å². The molecule has 0 fully saturated rings. The van der Waals surface area contributed by atoms with E-state index < -0.39 is 0 Å². The van der Waals surface area contributed by atoms with Crippen LogP contribution in [0.4, 0.5) is 17.1 Å². The monoisotopic (exact) mass is 718 g/mol. The van der Waals surface area contributed by atoms with Crippen molar-refractivity contribution in [1.82, 2.24) is 4.57 Å². The minimum Gasteiger partial charge on any atom is -0.311 e. The molecule has 0 bridgehead atoms. The molecule has 0 unspecified atom stereocenters. The Kier molecular flexibility index (Phi) is 7.39. The molecule has 0 radical (unpaired) electrons. The number of para-hydroxylation sites is 1. The van der Waals surface area contributed by atoms with Gasteiger partial charge in [0.15, 0.2) is 0 Å². The minimum atomic E-state index is 1.10. The molecular weight excluding hydrogens is 685 g/mol. The highest BCUT2D eigenvalue weighted by molar-refractivity contribution is 7.26. The van der Waals surface area contributed by atoms with Crippen LogP contribution in [0.1, 0.15) is 0 Å². The van der Waals surface area contributed by atoms with Crippen molar-refractivity contribution in [1.29, 1.82) is 0 Å². The van der Waals surface area contributed by atoms with E-state index in [0.29, 0.717) is 0 Å². The molecule has 0 saturated heterocycles. The number of aromatic nitrogens is 1. The van der Waals surface area contributed by atoms with E-state index in [9.17, 15) is 0 Å². The number of hydrogen-bond acceptors (Lipinski definition) is 2. The quantitative estimate of drug-likeness (QED) is 0.166. The van der Waals surface area contributed by atoms with Gasteiger partial charge in [-0.1, -0.05) is 146 Å². The highest BCUT2D eigenvalue weighted by Gasteiger charge is 2.18. The first-order valence-corrected chi connectivity index (χ1v) is 19.6. The zero-order chi connectivity index (χ0) is 36.3. The molecule has 0 N–H and O–H groups in total. The van der Waals surface area contributed by atoms with Gasteiger partial charge in [0.1, 0.15) is 0 Å². The van der Waals surface area contributed by atoms with Gasteiger partial charge in [-0.2, -0.15) is 0 Å². The molecular formula is C52H34N2S. The summed E-state index contributed by atoms with van der Waals surface area (Å²) in [6.45, 7) is 0. The highest BCUT2D eigenvalue weighted by atomic mass is 32.1. The number of anilines is 3. The Labute approximate surface area is 323 Å². The van der Waals surface area contributed by atoms with Gasteiger partial charge in [-0.3, -0.25) is 0 Å². The molecule has 0 aliphatic rings. The van der Waals surface area contributed by atoms with Crippen LogP contribution in [0.2, 0.25) is 0 Å². The molecule has 258 valence electrons. The van der Waals surface area contributed by atoms with Crippen molar-refractivity contribution >= 4 is 81.1 Å². The molecule has 0 saturated carbocycles. The van der Waals surface area contributed by atoms with E-state index in [1.807, 2.05) is 11.3 Å². The van der Waals surface area contributed by atoms with Crippen LogP contribution in [0.25, 0.3) is 80.7 Å². The molecule has 9 aromatic carbocycles. The van der Waals surface area contributed by atoms with Crippen molar-refractivity contribution in [2.24, 2.45) is 0 Å². The molecule has 0 spiro atoms. The van der Waals surface area contributed by atoms with Gasteiger partial charge >= 0.3 is 0 Å². The molecule has 0 amide bonds. The van der Waals surface area contributed by atoms with Crippen molar-refractivity contribution in [3.05, 3.63) is 206 Å². The summed E-state index contributed by atoms with van der Waals surface area (Å²) in [6.07, 6.45) is 0. The zero-order valence-corrected chi connectivity index (χ0v) is 30.7. The molecule has 11 rings (SSSR count). The lowest BCUT2D eigenvalue weighted by atomic mass is 10.0. The normalized spacial score (nSPS) is 11.6. The van der Waals surface area contributed by atoms with E-state index in [0.717, 1.165) is 22.7 Å². The molecule has 2 heterocycles. The third kappa shape index (κ3) is 5.24. The summed E-state index contributed by atoms with van der Waals surface area (Å²) >= 11 is 1.88. The molecule has 3 heteroatoms. The van der Waals surface area contributed by atoms with E-state index in [-0.39, 0.29) is 0 Å². The topological polar surface area (TPSA) is 8.17 Å². The molecule has 11 aromatic rings. The fourth-order valence-corrected chi connectivity index (χ4v) is 9.63. The average molecular weight is 719 g/mol. The van der Waals surface area contributed by atoms with Crippen molar-refractivity contribution in [3.63, 3.8) is 0 Å². The van der Waals surface area contributed by atoms with Gasteiger partial charge in [-0.25, -0.2) is 0 Å². The number of nitrogens with zero attached hydrogens (tertiary/aromatic N) is 2. The van der Waals surface area contributed by atoms with E-state index in [4.69, 9.17) is 0 Å². The first-order chi connectivity index (χ1) is 27.3. The number of hydrogen-bond donors (Lipinski definition) is 0.